The van der Waals surface area contributed by atoms with Crippen molar-refractivity contribution in [3.05, 3.63) is 35.4 Å². The van der Waals surface area contributed by atoms with Crippen LogP contribution in [-0.2, 0) is 11.4 Å². The highest BCUT2D eigenvalue weighted by molar-refractivity contribution is 5.87. The number of hydrogen-bond donors (Lipinski definition) is 2. The lowest BCUT2D eigenvalue weighted by atomic mass is 10.1. The summed E-state index contributed by atoms with van der Waals surface area (Å²) in [4.78, 5) is 14.8. The van der Waals surface area contributed by atoms with Crippen LogP contribution >= 0.6 is 0 Å². The molecular formula is C10H10F3NO3. The normalized spacial score (nSPS) is 11.5. The summed E-state index contributed by atoms with van der Waals surface area (Å²) >= 11 is 0. The van der Waals surface area contributed by atoms with Crippen LogP contribution in [-0.4, -0.2) is 23.9 Å². The van der Waals surface area contributed by atoms with Gasteiger partial charge in [0.25, 0.3) is 0 Å². The number of halogens is 3. The molecule has 0 saturated carbocycles. The van der Waals surface area contributed by atoms with Crippen LogP contribution < -0.4 is 5.48 Å². The first-order chi connectivity index (χ1) is 7.88. The van der Waals surface area contributed by atoms with E-state index in [9.17, 15) is 18.0 Å². The second-order valence-corrected chi connectivity index (χ2v) is 3.23. The minimum atomic E-state index is -4.39. The number of carboxylic acids is 1. The molecule has 0 aliphatic carbocycles. The molecule has 7 heteroatoms. The molecule has 1 aromatic rings. The molecule has 17 heavy (non-hydrogen) atoms. The van der Waals surface area contributed by atoms with E-state index in [1.807, 2.05) is 0 Å². The van der Waals surface area contributed by atoms with Gasteiger partial charge in [0.15, 0.2) is 6.61 Å². The molecule has 0 amide bonds. The first-order valence-corrected chi connectivity index (χ1v) is 4.62. The van der Waals surface area contributed by atoms with Crippen LogP contribution in [0.1, 0.15) is 15.9 Å². The Morgan fingerprint density at radius 2 is 2.12 bits per heavy atom. The van der Waals surface area contributed by atoms with Crippen molar-refractivity contribution < 1.29 is 27.9 Å². The van der Waals surface area contributed by atoms with Gasteiger partial charge in [0, 0.05) is 6.54 Å². The minimum Gasteiger partial charge on any atom is -0.478 e. The molecule has 0 aromatic heterocycles. The van der Waals surface area contributed by atoms with Gasteiger partial charge in [-0.3, -0.25) is 4.84 Å². The van der Waals surface area contributed by atoms with E-state index >= 15 is 0 Å². The third kappa shape index (κ3) is 5.32. The molecule has 0 bridgehead atoms. The Labute approximate surface area is 95.0 Å². The van der Waals surface area contributed by atoms with Gasteiger partial charge < -0.3 is 5.11 Å². The maximum absolute atomic E-state index is 11.7. The number of carbonyl (C=O) groups is 1. The summed E-state index contributed by atoms with van der Waals surface area (Å²) in [5.74, 6) is -1.09. The number of alkyl halides is 3. The van der Waals surface area contributed by atoms with Gasteiger partial charge in [0.05, 0.1) is 5.56 Å². The van der Waals surface area contributed by atoms with E-state index in [0.29, 0.717) is 5.56 Å². The maximum Gasteiger partial charge on any atom is 0.413 e. The lowest BCUT2D eigenvalue weighted by Gasteiger charge is -2.08. The van der Waals surface area contributed by atoms with Crippen LogP contribution in [0, 0.1) is 0 Å². The molecule has 1 rings (SSSR count). The molecule has 0 saturated heterocycles. The van der Waals surface area contributed by atoms with Crippen LogP contribution in [0.3, 0.4) is 0 Å². The Kier molecular flexibility index (Phi) is 4.47. The monoisotopic (exact) mass is 249 g/mol. The summed E-state index contributed by atoms with van der Waals surface area (Å²) < 4.78 is 35.1. The quantitative estimate of drug-likeness (QED) is 0.618. The fourth-order valence-corrected chi connectivity index (χ4v) is 1.08. The second-order valence-electron chi connectivity index (χ2n) is 3.23. The zero-order valence-corrected chi connectivity index (χ0v) is 8.62. The fourth-order valence-electron chi connectivity index (χ4n) is 1.08. The van der Waals surface area contributed by atoms with Crippen LogP contribution in [0.2, 0.25) is 0 Å². The van der Waals surface area contributed by atoms with Crippen molar-refractivity contribution in [1.29, 1.82) is 0 Å². The highest BCUT2D eigenvalue weighted by Gasteiger charge is 2.27. The van der Waals surface area contributed by atoms with E-state index < -0.39 is 18.8 Å². The smallest absolute Gasteiger partial charge is 0.413 e. The van der Waals surface area contributed by atoms with Gasteiger partial charge in [0.1, 0.15) is 0 Å². The van der Waals surface area contributed by atoms with Gasteiger partial charge in [-0.2, -0.15) is 18.7 Å². The number of rotatable bonds is 5. The maximum atomic E-state index is 11.7. The number of nitrogens with one attached hydrogen (secondary N) is 1. The highest BCUT2D eigenvalue weighted by Crippen LogP contribution is 2.13. The molecule has 1 aromatic carbocycles. The summed E-state index contributed by atoms with van der Waals surface area (Å²) in [6, 6.07) is 5.83. The molecule has 0 spiro atoms. The predicted molar refractivity (Wildman–Crippen MR) is 52.2 cm³/mol. The third-order valence-corrected chi connectivity index (χ3v) is 1.79. The SMILES string of the molecule is O=C(O)c1cccc(CNOCC(F)(F)F)c1. The molecule has 0 radical (unpaired) electrons. The Balaban J connectivity index is 2.42. The highest BCUT2D eigenvalue weighted by atomic mass is 19.4. The molecule has 0 fully saturated rings. The summed E-state index contributed by atoms with van der Waals surface area (Å²) in [5.41, 5.74) is 2.70. The number of aromatic carboxylic acids is 1. The summed E-state index contributed by atoms with van der Waals surface area (Å²) in [5, 5.41) is 8.69. The van der Waals surface area contributed by atoms with E-state index in [-0.39, 0.29) is 12.1 Å². The van der Waals surface area contributed by atoms with Crippen LogP contribution in [0.25, 0.3) is 0 Å². The van der Waals surface area contributed by atoms with Crippen molar-refractivity contribution in [3.8, 4) is 0 Å². The van der Waals surface area contributed by atoms with E-state index in [2.05, 4.69) is 10.3 Å². The summed E-state index contributed by atoms with van der Waals surface area (Å²) in [6.45, 7) is -1.40. The van der Waals surface area contributed by atoms with Crippen LogP contribution in [0.4, 0.5) is 13.2 Å². The second kappa shape index (κ2) is 5.65. The van der Waals surface area contributed by atoms with Gasteiger partial charge in [-0.15, -0.1) is 0 Å². The van der Waals surface area contributed by atoms with Crippen molar-refractivity contribution in [3.63, 3.8) is 0 Å². The van der Waals surface area contributed by atoms with Crippen molar-refractivity contribution in [2.75, 3.05) is 6.61 Å². The summed E-state index contributed by atoms with van der Waals surface area (Å²) in [6.07, 6.45) is -4.39. The molecular weight excluding hydrogens is 239 g/mol. The Hall–Kier alpha value is -1.60. The molecule has 2 N–H and O–H groups in total. The first kappa shape index (κ1) is 13.5. The molecule has 0 heterocycles. The van der Waals surface area contributed by atoms with Crippen molar-refractivity contribution >= 4 is 5.97 Å². The van der Waals surface area contributed by atoms with E-state index in [1.165, 1.54) is 18.2 Å². The van der Waals surface area contributed by atoms with Gasteiger partial charge >= 0.3 is 12.1 Å². The number of carboxylic acid groups (broad SMARTS) is 1. The topological polar surface area (TPSA) is 58.6 Å². The minimum absolute atomic E-state index is 0.00278. The predicted octanol–water partition coefficient (Wildman–Crippen LogP) is 1.97. The molecule has 0 atom stereocenters. The van der Waals surface area contributed by atoms with Gasteiger partial charge in [0.2, 0.25) is 0 Å². The van der Waals surface area contributed by atoms with Crippen molar-refractivity contribution in [2.24, 2.45) is 0 Å². The van der Waals surface area contributed by atoms with Crippen molar-refractivity contribution in [1.82, 2.24) is 5.48 Å². The van der Waals surface area contributed by atoms with E-state index in [4.69, 9.17) is 5.11 Å². The van der Waals surface area contributed by atoms with Gasteiger partial charge in [-0.25, -0.2) is 4.79 Å². The zero-order chi connectivity index (χ0) is 12.9. The number of benzene rings is 1. The third-order valence-electron chi connectivity index (χ3n) is 1.79. The Morgan fingerprint density at radius 3 is 2.71 bits per heavy atom. The van der Waals surface area contributed by atoms with Gasteiger partial charge in [-0.1, -0.05) is 12.1 Å². The lowest BCUT2D eigenvalue weighted by Crippen LogP contribution is -2.24. The first-order valence-electron chi connectivity index (χ1n) is 4.62. The Morgan fingerprint density at radius 1 is 1.41 bits per heavy atom. The Bertz CT molecular complexity index is 393. The molecule has 0 unspecified atom stereocenters. The molecule has 4 nitrogen and oxygen atoms in total. The average Bonchev–Trinajstić information content (AvgIpc) is 2.23. The average molecular weight is 249 g/mol. The zero-order valence-electron chi connectivity index (χ0n) is 8.62. The largest absolute Gasteiger partial charge is 0.478 e. The van der Waals surface area contributed by atoms with Crippen LogP contribution in [0.15, 0.2) is 24.3 Å². The molecule has 0 aliphatic heterocycles. The van der Waals surface area contributed by atoms with Crippen LogP contribution in [0.5, 0.6) is 0 Å². The van der Waals surface area contributed by atoms with E-state index in [1.54, 1.807) is 6.07 Å². The van der Waals surface area contributed by atoms with Crippen molar-refractivity contribution in [2.45, 2.75) is 12.7 Å². The van der Waals surface area contributed by atoms with E-state index in [0.717, 1.165) is 0 Å². The fraction of sp³-hybridized carbons (Fsp3) is 0.300. The number of hydroxylamine groups is 1. The molecule has 0 aliphatic rings. The van der Waals surface area contributed by atoms with Gasteiger partial charge in [-0.05, 0) is 17.7 Å². The standard InChI is InChI=1S/C10H10F3NO3/c11-10(12,13)6-17-14-5-7-2-1-3-8(4-7)9(15)16/h1-4,14H,5-6H2,(H,15,16). The lowest BCUT2D eigenvalue weighted by molar-refractivity contribution is -0.190. The number of hydrogen-bond acceptors (Lipinski definition) is 3. The summed E-state index contributed by atoms with van der Waals surface area (Å²) in [7, 11) is 0. The molecule has 94 valence electrons.